The summed E-state index contributed by atoms with van der Waals surface area (Å²) in [6, 6.07) is 10.1. The topological polar surface area (TPSA) is 70.0 Å². The number of thiophene rings is 1. The number of hydrogen-bond donors (Lipinski definition) is 1. The second-order valence-corrected chi connectivity index (χ2v) is 8.08. The Morgan fingerprint density at radius 2 is 2.00 bits per heavy atom. The Morgan fingerprint density at radius 1 is 1.10 bits per heavy atom. The Bertz CT molecular complexity index is 844. The third-order valence-electron chi connectivity index (χ3n) is 4.98. The van der Waals surface area contributed by atoms with Gasteiger partial charge in [-0.1, -0.05) is 11.2 Å². The highest BCUT2D eigenvalue weighted by atomic mass is 127. The van der Waals surface area contributed by atoms with Gasteiger partial charge in [-0.2, -0.15) is 0 Å². The van der Waals surface area contributed by atoms with Gasteiger partial charge in [0.15, 0.2) is 5.96 Å². The molecule has 1 N–H and O–H groups in total. The van der Waals surface area contributed by atoms with Crippen molar-refractivity contribution in [2.24, 2.45) is 4.99 Å². The van der Waals surface area contributed by atoms with Crippen LogP contribution in [-0.2, 0) is 19.4 Å². The van der Waals surface area contributed by atoms with E-state index in [0.29, 0.717) is 0 Å². The van der Waals surface area contributed by atoms with E-state index in [1.54, 1.807) is 23.9 Å². The maximum atomic E-state index is 5.44. The summed E-state index contributed by atoms with van der Waals surface area (Å²) in [6.45, 7) is 6.30. The molecule has 0 amide bonds. The fraction of sp³-hybridized carbons (Fsp3) is 0.429. The van der Waals surface area contributed by atoms with Crippen LogP contribution in [0.25, 0.3) is 0 Å². The zero-order valence-corrected chi connectivity index (χ0v) is 20.1. The zero-order valence-electron chi connectivity index (χ0n) is 16.9. The Labute approximate surface area is 198 Å². The molecule has 7 nitrogen and oxygen atoms in total. The van der Waals surface area contributed by atoms with Crippen molar-refractivity contribution in [1.29, 1.82) is 0 Å². The highest BCUT2D eigenvalue weighted by Gasteiger charge is 2.20. The van der Waals surface area contributed by atoms with Gasteiger partial charge in [0.1, 0.15) is 12.0 Å². The van der Waals surface area contributed by atoms with Crippen molar-refractivity contribution in [2.45, 2.75) is 19.4 Å². The van der Waals surface area contributed by atoms with Crippen LogP contribution in [0.5, 0.6) is 0 Å². The Hall–Kier alpha value is -1.85. The summed E-state index contributed by atoms with van der Waals surface area (Å²) in [6.07, 6.45) is 5.18. The van der Waals surface area contributed by atoms with Crippen LogP contribution in [0.1, 0.15) is 16.3 Å². The van der Waals surface area contributed by atoms with Gasteiger partial charge in [-0.15, -0.1) is 35.3 Å². The van der Waals surface area contributed by atoms with Crippen LogP contribution >= 0.6 is 35.3 Å². The maximum Gasteiger partial charge on any atom is 0.194 e. The molecule has 0 saturated carbocycles. The second kappa shape index (κ2) is 12.1. The normalized spacial score (nSPS) is 15.2. The first-order chi connectivity index (χ1) is 14.4. The average Bonchev–Trinajstić information content (AvgIpc) is 3.52. The van der Waals surface area contributed by atoms with E-state index in [-0.39, 0.29) is 24.0 Å². The molecule has 162 valence electrons. The van der Waals surface area contributed by atoms with Gasteiger partial charge in [-0.05, 0) is 23.6 Å². The summed E-state index contributed by atoms with van der Waals surface area (Å²) in [5.41, 5.74) is 0.986. The van der Waals surface area contributed by atoms with Crippen molar-refractivity contribution in [3.05, 3.63) is 64.6 Å². The van der Waals surface area contributed by atoms with Gasteiger partial charge >= 0.3 is 0 Å². The van der Waals surface area contributed by atoms with Crippen LogP contribution in [0, 0.1) is 0 Å². The van der Waals surface area contributed by atoms with Gasteiger partial charge < -0.3 is 19.2 Å². The number of halogens is 1. The molecule has 0 aliphatic carbocycles. The van der Waals surface area contributed by atoms with E-state index in [1.807, 2.05) is 18.2 Å². The molecule has 1 saturated heterocycles. The summed E-state index contributed by atoms with van der Waals surface area (Å²) in [5.74, 6) is 1.99. The number of rotatable bonds is 8. The first kappa shape index (κ1) is 22.8. The Kier molecular flexibility index (Phi) is 9.22. The first-order valence-corrected chi connectivity index (χ1v) is 10.9. The monoisotopic (exact) mass is 541 g/mol. The van der Waals surface area contributed by atoms with E-state index >= 15 is 0 Å². The summed E-state index contributed by atoms with van der Waals surface area (Å²) < 4.78 is 10.4. The van der Waals surface area contributed by atoms with Crippen molar-refractivity contribution >= 4 is 41.3 Å². The van der Waals surface area contributed by atoms with Crippen LogP contribution < -0.4 is 5.32 Å². The van der Waals surface area contributed by atoms with Gasteiger partial charge in [0.2, 0.25) is 0 Å². The molecular weight excluding hydrogens is 513 g/mol. The predicted octanol–water partition coefficient (Wildman–Crippen LogP) is 3.50. The summed E-state index contributed by atoms with van der Waals surface area (Å²) >= 11 is 1.79. The average molecular weight is 541 g/mol. The maximum absolute atomic E-state index is 5.44. The molecular formula is C21H28IN5O2S. The number of furan rings is 1. The van der Waals surface area contributed by atoms with Crippen molar-refractivity contribution < 1.29 is 8.94 Å². The summed E-state index contributed by atoms with van der Waals surface area (Å²) in [7, 11) is 0. The highest BCUT2D eigenvalue weighted by Crippen LogP contribution is 2.10. The largest absolute Gasteiger partial charge is 0.469 e. The highest BCUT2D eigenvalue weighted by molar-refractivity contribution is 14.0. The first-order valence-electron chi connectivity index (χ1n) is 10.1. The van der Waals surface area contributed by atoms with Gasteiger partial charge in [0, 0.05) is 69.6 Å². The summed E-state index contributed by atoms with van der Waals surface area (Å²) in [4.78, 5) is 11.0. The van der Waals surface area contributed by atoms with E-state index in [0.717, 1.165) is 76.1 Å². The number of guanidine groups is 1. The van der Waals surface area contributed by atoms with E-state index in [4.69, 9.17) is 13.9 Å². The molecule has 1 aliphatic rings. The molecule has 0 unspecified atom stereocenters. The zero-order chi connectivity index (χ0) is 19.7. The molecule has 0 atom stereocenters. The molecule has 1 fully saturated rings. The lowest BCUT2D eigenvalue weighted by Gasteiger charge is -2.36. The number of aromatic nitrogens is 1. The Morgan fingerprint density at radius 3 is 2.70 bits per heavy atom. The van der Waals surface area contributed by atoms with Crippen LogP contribution in [-0.4, -0.2) is 60.2 Å². The third-order valence-corrected chi connectivity index (χ3v) is 5.92. The SMILES string of the molecule is I.c1coc(CCNC(=NCCc2cccs2)N2CCN(Cc3ccon3)CC2)c1. The fourth-order valence-corrected chi connectivity index (χ4v) is 4.11. The lowest BCUT2D eigenvalue weighted by Crippen LogP contribution is -2.52. The number of nitrogens with one attached hydrogen (secondary N) is 1. The molecule has 30 heavy (non-hydrogen) atoms. The van der Waals surface area contributed by atoms with E-state index < -0.39 is 0 Å². The number of aliphatic imine (C=N–C) groups is 1. The standard InChI is InChI=1S/C21H27N5O2S.HI/c1-3-19(27-14-1)5-8-22-21(23-9-6-20-4-2-16-29-20)26-12-10-25(11-13-26)17-18-7-15-28-24-18;/h1-4,7,14-16H,5-6,8-13,17H2,(H,22,23);1H. The number of piperazine rings is 1. The lowest BCUT2D eigenvalue weighted by molar-refractivity contribution is 0.169. The van der Waals surface area contributed by atoms with Gasteiger partial charge in [-0.3, -0.25) is 9.89 Å². The van der Waals surface area contributed by atoms with Crippen LogP contribution in [0.4, 0.5) is 0 Å². The molecule has 3 aromatic rings. The molecule has 0 radical (unpaired) electrons. The summed E-state index contributed by atoms with van der Waals surface area (Å²) in [5, 5.41) is 9.68. The van der Waals surface area contributed by atoms with Crippen molar-refractivity contribution in [3.63, 3.8) is 0 Å². The molecule has 0 aromatic carbocycles. The van der Waals surface area contributed by atoms with Gasteiger partial charge in [-0.25, -0.2) is 0 Å². The smallest absolute Gasteiger partial charge is 0.194 e. The number of nitrogens with zero attached hydrogens (tertiary/aromatic N) is 4. The minimum absolute atomic E-state index is 0. The third kappa shape index (κ3) is 6.85. The van der Waals surface area contributed by atoms with Crippen molar-refractivity contribution in [3.8, 4) is 0 Å². The van der Waals surface area contributed by atoms with E-state index in [9.17, 15) is 0 Å². The quantitative estimate of drug-likeness (QED) is 0.268. The van der Waals surface area contributed by atoms with Crippen molar-refractivity contribution in [2.75, 3.05) is 39.3 Å². The molecule has 0 bridgehead atoms. The fourth-order valence-electron chi connectivity index (χ4n) is 3.41. The number of hydrogen-bond acceptors (Lipinski definition) is 6. The van der Waals surface area contributed by atoms with E-state index in [2.05, 4.69) is 37.8 Å². The Balaban J connectivity index is 0.00000256. The van der Waals surface area contributed by atoms with Crippen LogP contribution in [0.15, 0.2) is 62.2 Å². The van der Waals surface area contributed by atoms with Crippen molar-refractivity contribution in [1.82, 2.24) is 20.3 Å². The van der Waals surface area contributed by atoms with Crippen LogP contribution in [0.3, 0.4) is 0 Å². The van der Waals surface area contributed by atoms with Crippen LogP contribution in [0.2, 0.25) is 0 Å². The lowest BCUT2D eigenvalue weighted by atomic mass is 10.3. The molecule has 4 heterocycles. The molecule has 3 aromatic heterocycles. The molecule has 0 spiro atoms. The molecule has 9 heteroatoms. The second-order valence-electron chi connectivity index (χ2n) is 7.04. The van der Waals surface area contributed by atoms with Gasteiger partial charge in [0.25, 0.3) is 0 Å². The van der Waals surface area contributed by atoms with E-state index in [1.165, 1.54) is 4.88 Å². The molecule has 4 rings (SSSR count). The molecule has 1 aliphatic heterocycles. The predicted molar refractivity (Wildman–Crippen MR) is 130 cm³/mol. The minimum Gasteiger partial charge on any atom is -0.469 e. The minimum atomic E-state index is 0. The van der Waals surface area contributed by atoms with Gasteiger partial charge in [0.05, 0.1) is 12.0 Å².